The van der Waals surface area contributed by atoms with Gasteiger partial charge in [0.05, 0.1) is 22.5 Å². The summed E-state index contributed by atoms with van der Waals surface area (Å²) >= 11 is 0. The number of carbonyl (C=O) groups excluding carboxylic acids is 1. The van der Waals surface area contributed by atoms with Crippen LogP contribution >= 0.6 is 12.4 Å². The van der Waals surface area contributed by atoms with Gasteiger partial charge in [-0.1, -0.05) is 60.0 Å². The smallest absolute Gasteiger partial charge is 0.162 e. The summed E-state index contributed by atoms with van der Waals surface area (Å²) in [7, 11) is 0. The van der Waals surface area contributed by atoms with E-state index in [0.29, 0.717) is 68.3 Å². The lowest BCUT2D eigenvalue weighted by Crippen LogP contribution is -2.55. The van der Waals surface area contributed by atoms with Gasteiger partial charge in [0.2, 0.25) is 0 Å². The van der Waals surface area contributed by atoms with E-state index in [1.807, 2.05) is 32.0 Å². The fourth-order valence-corrected chi connectivity index (χ4v) is 24.0. The molecule has 1 heterocycles. The first-order valence-corrected chi connectivity index (χ1v) is 34.1. The highest BCUT2D eigenvalue weighted by Gasteiger charge is 2.64. The molecule has 13 heteroatoms. The first-order chi connectivity index (χ1) is 40.7. The summed E-state index contributed by atoms with van der Waals surface area (Å²) in [4.78, 5) is 11.6. The zero-order valence-electron chi connectivity index (χ0n) is 55.5. The molecule has 0 aliphatic heterocycles. The second kappa shape index (κ2) is 30.0. The van der Waals surface area contributed by atoms with E-state index in [4.69, 9.17) is 20.0 Å². The van der Waals surface area contributed by atoms with Crippen molar-refractivity contribution in [2.45, 2.75) is 279 Å². The lowest BCUT2D eigenvalue weighted by molar-refractivity contribution is -0.147. The molecular weight excluding hydrogens is 1120 g/mol. The van der Waals surface area contributed by atoms with Crippen LogP contribution in [0.4, 0.5) is 0 Å². The number of hydrogen-bond acceptors (Lipinski definition) is 12. The Morgan fingerprint density at radius 3 is 1.25 bits per heavy atom. The van der Waals surface area contributed by atoms with Gasteiger partial charge in [0.15, 0.2) is 5.76 Å². The number of nitrogens with zero attached hydrogens (tertiary/aromatic N) is 2. The third kappa shape index (κ3) is 14.3. The summed E-state index contributed by atoms with van der Waals surface area (Å²) in [5.74, 6) is 19.1. The van der Waals surface area contributed by atoms with Gasteiger partial charge in [-0.05, 0) is 305 Å². The highest BCUT2D eigenvalue weighted by atomic mass is 35.5. The predicted octanol–water partition coefficient (Wildman–Crippen LogP) is 15.4. The van der Waals surface area contributed by atoms with E-state index >= 15 is 0 Å². The van der Waals surface area contributed by atoms with Crippen molar-refractivity contribution in [3.05, 3.63) is 17.5 Å². The minimum absolute atomic E-state index is 0. The number of fused-ring (bicyclic) bond motifs is 15. The number of oxime groups is 1. The number of terminal acetylenes is 3. The minimum Gasteiger partial charge on any atom is -0.411 e. The molecule has 0 aromatic carbocycles. The van der Waals surface area contributed by atoms with Crippen molar-refractivity contribution in [2.75, 3.05) is 6.61 Å². The molecule has 12 saturated carbocycles. The number of aliphatic hydroxyl groups is 5. The van der Waals surface area contributed by atoms with Gasteiger partial charge < -0.3 is 45.3 Å². The van der Waals surface area contributed by atoms with Crippen LogP contribution in [0.3, 0.4) is 0 Å². The van der Waals surface area contributed by atoms with E-state index in [1.165, 1.54) is 135 Å². The van der Waals surface area contributed by atoms with Crippen LogP contribution in [0.15, 0.2) is 15.7 Å². The van der Waals surface area contributed by atoms with Crippen molar-refractivity contribution in [1.29, 1.82) is 0 Å². The molecule has 9 N–H and O–H groups in total. The molecule has 12 nitrogen and oxygen atoms in total. The summed E-state index contributed by atoms with van der Waals surface area (Å²) < 4.78 is 5.34. The summed E-state index contributed by atoms with van der Waals surface area (Å²) in [6.07, 6.45) is 52.9. The molecule has 0 saturated heterocycles. The molecule has 12 aliphatic carbocycles. The maximum atomic E-state index is 11.6. The van der Waals surface area contributed by atoms with Gasteiger partial charge in [0.1, 0.15) is 19.5 Å². The zero-order valence-corrected chi connectivity index (χ0v) is 56.4. The lowest BCUT2D eigenvalue weighted by atomic mass is 9.44. The standard InChI is InChI=1S/C24H37NO3.C21H35NO2.C21H34O2.C3H4O.C3H4.C2H2.CH4.ClH.H3NO/c1-22(27)10-11-23(2)15(13-22)4-5-17-18-6-7-20(21-12-16(14-26)28-25-21)24(18,3)9-8-19(17)23;1-19(23)10-11-21(3)14(12-19)4-6-16-17-7-5-15(13-22-24)20(17,2)9-8-18(16)21;1-19(23)10-11-21(3)14(12-19)4-6-16-17-7-5-15(13-22)20(17,2)9-8-18(16)21;1-2-3-4;1-3-2;1-2;;;1-2/h12,15,17-20,26-27H,4-11,13-14H2,1-3H3;13-18,23-24H,4-12H2,1-3H3;13-18,23H,4-12H2,1-3H3;1,4H,3H2;1H,2H3;1-2H;1H4;1H;2H,1H2/b;22-13+;;;;;;;/t15-,17+,18+,19+,20-,22-,23+,24+;2*14-,15-,16+,17+,18+,19-,20-,21+;;;;;;/m111....../s1. The molecule has 0 bridgehead atoms. The van der Waals surface area contributed by atoms with E-state index in [0.717, 1.165) is 104 Å². The number of nitrogens with two attached hydrogens (primary N) is 1. The van der Waals surface area contributed by atoms with Gasteiger partial charge in [-0.3, -0.25) is 0 Å². The Morgan fingerprint density at radius 2 is 0.898 bits per heavy atom. The highest BCUT2D eigenvalue weighted by molar-refractivity contribution is 5.85. The van der Waals surface area contributed by atoms with Gasteiger partial charge >= 0.3 is 0 Å². The SMILES string of the molecule is C.C#C.C#CC.C#CCO.C[C@@]1(O)CC[C@@]2(C)[C@H](CC[C@@H]3[C@@H]2CC[C@]2(C)[C@@H](/C=N/O)CC[C@@H]32)C1.C[C@@]1(O)CC[C@@]2(C)[C@H](CC[C@@H]3[C@@H]2CC[C@]2(C)[C@@H](C=O)CC[C@@H]32)C1.C[C@@]1(O)CC[C@@]2(C)[C@H](CC[C@@H]3[C@@H]2CC[C@]2(C)[C@@H](c4cc(CO)on4)CC[C@@H]32)C1.Cl.NO. The second-order valence-corrected chi connectivity index (χ2v) is 32.6. The normalized spacial score (nSPS) is 47.6. The monoisotopic (exact) mass is 1250 g/mol. The van der Waals surface area contributed by atoms with Crippen LogP contribution in [0.1, 0.15) is 267 Å². The van der Waals surface area contributed by atoms with E-state index in [9.17, 15) is 25.2 Å². The number of halogens is 1. The Kier molecular flexibility index (Phi) is 25.8. The average Bonchev–Trinajstić information content (AvgIpc) is 1.29. The van der Waals surface area contributed by atoms with Crippen molar-refractivity contribution in [3.8, 4) is 37.5 Å². The minimum atomic E-state index is -0.448. The largest absolute Gasteiger partial charge is 0.411 e. The molecule has 0 spiro atoms. The van der Waals surface area contributed by atoms with Crippen molar-refractivity contribution < 1.29 is 45.3 Å². The molecule has 88 heavy (non-hydrogen) atoms. The molecule has 12 fully saturated rings. The molecule has 1 aromatic rings. The van der Waals surface area contributed by atoms with Crippen molar-refractivity contribution in [2.24, 2.45) is 126 Å². The van der Waals surface area contributed by atoms with E-state index in [1.54, 1.807) is 6.92 Å². The van der Waals surface area contributed by atoms with E-state index in [2.05, 4.69) is 96.3 Å². The van der Waals surface area contributed by atoms with Crippen molar-refractivity contribution in [1.82, 2.24) is 5.16 Å². The average molecular weight is 1250 g/mol. The fraction of sp³-hybridized carbons (Fsp3) is 0.853. The summed E-state index contributed by atoms with van der Waals surface area (Å²) in [6.45, 7) is 22.6. The van der Waals surface area contributed by atoms with E-state index < -0.39 is 16.8 Å². The molecule has 12 aliphatic rings. The van der Waals surface area contributed by atoms with Gasteiger partial charge in [0, 0.05) is 30.0 Å². The number of carbonyl (C=O) groups is 1. The van der Waals surface area contributed by atoms with Crippen LogP contribution in [-0.2, 0) is 11.4 Å². The number of aliphatic hydroxyl groups excluding tert-OH is 2. The Bertz CT molecular complexity index is 2530. The Hall–Kier alpha value is -2.96. The molecule has 1 aromatic heterocycles. The van der Waals surface area contributed by atoms with Crippen LogP contribution < -0.4 is 5.90 Å². The number of aromatic nitrogens is 1. The van der Waals surface area contributed by atoms with Crippen LogP contribution in [0.2, 0.25) is 0 Å². The number of hydrogen-bond donors (Lipinski definition) is 8. The van der Waals surface area contributed by atoms with Gasteiger partial charge in [-0.15, -0.1) is 49.2 Å². The van der Waals surface area contributed by atoms with Gasteiger partial charge in [-0.25, -0.2) is 5.90 Å². The molecule has 0 radical (unpaired) electrons. The Morgan fingerprint density at radius 1 is 0.557 bits per heavy atom. The third-order valence-corrected chi connectivity index (χ3v) is 28.6. The molecule has 500 valence electrons. The van der Waals surface area contributed by atoms with Gasteiger partial charge in [0.25, 0.3) is 0 Å². The second-order valence-electron chi connectivity index (χ2n) is 32.6. The highest BCUT2D eigenvalue weighted by Crippen LogP contribution is 2.72. The van der Waals surface area contributed by atoms with Crippen molar-refractivity contribution >= 4 is 24.9 Å². The quantitative estimate of drug-likeness (QED) is 0.0466. The summed E-state index contributed by atoms with van der Waals surface area (Å²) in [6, 6.07) is 1.99. The van der Waals surface area contributed by atoms with Gasteiger partial charge in [-0.2, -0.15) is 0 Å². The number of aldehydes is 1. The Balaban J connectivity index is 0.000000220. The topological polar surface area (TPSA) is 223 Å². The predicted molar refractivity (Wildman–Crippen MR) is 356 cm³/mol. The summed E-state index contributed by atoms with van der Waals surface area (Å²) in [5, 5.41) is 72.1. The third-order valence-electron chi connectivity index (χ3n) is 28.6. The molecule has 24 atom stereocenters. The molecule has 0 unspecified atom stereocenters. The maximum absolute atomic E-state index is 11.6. The first kappa shape index (κ1) is 75.8. The maximum Gasteiger partial charge on any atom is 0.162 e. The molecule has 13 rings (SSSR count). The van der Waals surface area contributed by atoms with E-state index in [-0.39, 0.29) is 38.5 Å². The number of rotatable bonds is 4. The molecule has 0 amide bonds. The zero-order chi connectivity index (χ0) is 63.5. The first-order valence-electron chi connectivity index (χ1n) is 34.1. The van der Waals surface area contributed by atoms with Crippen LogP contribution in [-0.4, -0.2) is 77.0 Å². The summed E-state index contributed by atoms with van der Waals surface area (Å²) in [5.41, 5.74) is 1.99. The fourth-order valence-electron chi connectivity index (χ4n) is 24.0. The van der Waals surface area contributed by atoms with Crippen LogP contribution in [0.25, 0.3) is 0 Å². The molecular formula is C75H124ClN3O9. The van der Waals surface area contributed by atoms with Crippen LogP contribution in [0.5, 0.6) is 0 Å². The Labute approximate surface area is 540 Å². The van der Waals surface area contributed by atoms with Crippen molar-refractivity contribution in [3.63, 3.8) is 0 Å². The lowest BCUT2D eigenvalue weighted by Gasteiger charge is -2.61. The van der Waals surface area contributed by atoms with Crippen LogP contribution in [0, 0.1) is 153 Å².